The van der Waals surface area contributed by atoms with Crippen molar-refractivity contribution in [2.24, 2.45) is 0 Å². The van der Waals surface area contributed by atoms with Gasteiger partial charge in [0, 0.05) is 19.4 Å². The number of carboxylic acids is 2. The summed E-state index contributed by atoms with van der Waals surface area (Å²) < 4.78 is 0. The first-order valence-corrected chi connectivity index (χ1v) is 4.59. The molecular formula is C9H18O5. The van der Waals surface area contributed by atoms with Gasteiger partial charge in [0.2, 0.25) is 0 Å². The summed E-state index contributed by atoms with van der Waals surface area (Å²) in [4.78, 5) is 19.4. The number of aliphatic carboxylic acids is 2. The van der Waals surface area contributed by atoms with E-state index in [1.165, 1.54) is 0 Å². The lowest BCUT2D eigenvalue weighted by Crippen LogP contribution is -1.95. The summed E-state index contributed by atoms with van der Waals surface area (Å²) in [6.45, 7) is 1.94. The summed E-state index contributed by atoms with van der Waals surface area (Å²) >= 11 is 0. The average Bonchev–Trinajstić information content (AvgIpc) is 2.12. The Morgan fingerprint density at radius 2 is 1.43 bits per heavy atom. The van der Waals surface area contributed by atoms with Gasteiger partial charge in [0.25, 0.3) is 0 Å². The summed E-state index contributed by atoms with van der Waals surface area (Å²) in [5, 5.41) is 24.0. The van der Waals surface area contributed by atoms with E-state index in [0.29, 0.717) is 12.8 Å². The van der Waals surface area contributed by atoms with Crippen LogP contribution < -0.4 is 0 Å². The zero-order valence-electron chi connectivity index (χ0n) is 8.40. The Kier molecular flexibility index (Phi) is 13.1. The van der Waals surface area contributed by atoms with Crippen LogP contribution in [0.1, 0.15) is 39.0 Å². The van der Waals surface area contributed by atoms with Crippen molar-refractivity contribution < 1.29 is 24.9 Å². The van der Waals surface area contributed by atoms with E-state index in [4.69, 9.17) is 15.3 Å². The zero-order chi connectivity index (χ0) is 11.4. The fourth-order valence-electron chi connectivity index (χ4n) is 0.558. The van der Waals surface area contributed by atoms with Crippen molar-refractivity contribution in [2.75, 3.05) is 6.61 Å². The van der Waals surface area contributed by atoms with E-state index in [0.717, 1.165) is 12.8 Å². The molecule has 0 aromatic heterocycles. The van der Waals surface area contributed by atoms with Crippen molar-refractivity contribution in [2.45, 2.75) is 39.0 Å². The topological polar surface area (TPSA) is 94.8 Å². The minimum atomic E-state index is -0.853. The molecule has 0 atom stereocenters. The normalized spacial score (nSPS) is 8.71. The van der Waals surface area contributed by atoms with Crippen molar-refractivity contribution in [3.05, 3.63) is 0 Å². The Morgan fingerprint density at radius 1 is 1.00 bits per heavy atom. The maximum Gasteiger partial charge on any atom is 0.303 e. The molecule has 0 aliphatic heterocycles. The van der Waals surface area contributed by atoms with E-state index in [-0.39, 0.29) is 13.0 Å². The van der Waals surface area contributed by atoms with E-state index in [1.54, 1.807) is 0 Å². The van der Waals surface area contributed by atoms with Crippen LogP contribution in [0.4, 0.5) is 0 Å². The quantitative estimate of drug-likeness (QED) is 0.605. The van der Waals surface area contributed by atoms with Crippen LogP contribution in [0.15, 0.2) is 0 Å². The first kappa shape index (κ1) is 15.4. The zero-order valence-corrected chi connectivity index (χ0v) is 8.40. The van der Waals surface area contributed by atoms with Crippen molar-refractivity contribution in [3.8, 4) is 0 Å². The van der Waals surface area contributed by atoms with Gasteiger partial charge in [0.05, 0.1) is 0 Å². The van der Waals surface area contributed by atoms with E-state index in [9.17, 15) is 9.59 Å². The fourth-order valence-corrected chi connectivity index (χ4v) is 0.558. The van der Waals surface area contributed by atoms with Crippen LogP contribution in [0.3, 0.4) is 0 Å². The van der Waals surface area contributed by atoms with Crippen molar-refractivity contribution in [1.82, 2.24) is 0 Å². The highest BCUT2D eigenvalue weighted by molar-refractivity contribution is 5.66. The smallest absolute Gasteiger partial charge is 0.303 e. The van der Waals surface area contributed by atoms with Crippen LogP contribution in [0.2, 0.25) is 0 Å². The Hall–Kier alpha value is -1.10. The van der Waals surface area contributed by atoms with E-state index >= 15 is 0 Å². The lowest BCUT2D eigenvalue weighted by molar-refractivity contribution is -0.138. The highest BCUT2D eigenvalue weighted by atomic mass is 16.4. The van der Waals surface area contributed by atoms with E-state index in [1.807, 2.05) is 6.92 Å². The Labute approximate surface area is 83.4 Å². The lowest BCUT2D eigenvalue weighted by Gasteiger charge is -1.85. The van der Waals surface area contributed by atoms with Gasteiger partial charge in [-0.05, 0) is 12.8 Å². The summed E-state index contributed by atoms with van der Waals surface area (Å²) in [7, 11) is 0. The van der Waals surface area contributed by atoms with E-state index < -0.39 is 11.9 Å². The fraction of sp³-hybridized carbons (Fsp3) is 0.778. The van der Waals surface area contributed by atoms with Crippen molar-refractivity contribution in [1.29, 1.82) is 0 Å². The molecule has 0 saturated carbocycles. The molecule has 0 radical (unpaired) electrons. The molecule has 0 bridgehead atoms. The van der Waals surface area contributed by atoms with Crippen LogP contribution in [0, 0.1) is 0 Å². The maximum absolute atomic E-state index is 9.76. The molecule has 0 spiro atoms. The number of hydrogen-bond donors (Lipinski definition) is 3. The highest BCUT2D eigenvalue weighted by Gasteiger charge is 1.91. The lowest BCUT2D eigenvalue weighted by atomic mass is 10.3. The van der Waals surface area contributed by atoms with Gasteiger partial charge in [0.1, 0.15) is 0 Å². The van der Waals surface area contributed by atoms with Crippen LogP contribution >= 0.6 is 0 Å². The molecule has 0 aromatic carbocycles. The molecule has 5 nitrogen and oxygen atoms in total. The first-order valence-electron chi connectivity index (χ1n) is 4.59. The van der Waals surface area contributed by atoms with Gasteiger partial charge < -0.3 is 15.3 Å². The van der Waals surface area contributed by atoms with Crippen LogP contribution in [-0.4, -0.2) is 33.9 Å². The molecule has 0 heterocycles. The number of hydrogen-bond acceptors (Lipinski definition) is 3. The van der Waals surface area contributed by atoms with Gasteiger partial charge in [-0.2, -0.15) is 0 Å². The number of rotatable bonds is 6. The predicted molar refractivity (Wildman–Crippen MR) is 51.1 cm³/mol. The van der Waals surface area contributed by atoms with Crippen molar-refractivity contribution in [3.63, 3.8) is 0 Å². The Balaban J connectivity index is 0. The molecule has 0 amide bonds. The SMILES string of the molecule is CCCCC(=O)O.O=C(O)CCCO. The Bertz CT molecular complexity index is 137. The van der Waals surface area contributed by atoms with Gasteiger partial charge in [0.15, 0.2) is 0 Å². The van der Waals surface area contributed by atoms with Gasteiger partial charge in [-0.15, -0.1) is 0 Å². The highest BCUT2D eigenvalue weighted by Crippen LogP contribution is 1.91. The predicted octanol–water partition coefficient (Wildman–Crippen LogP) is 1.10. The standard InChI is InChI=1S/C5H10O2.C4H8O3/c1-2-3-4-5(6)7;5-3-1-2-4(6)7/h2-4H2,1H3,(H,6,7);5H,1-3H2,(H,6,7). The van der Waals surface area contributed by atoms with Gasteiger partial charge >= 0.3 is 11.9 Å². The average molecular weight is 206 g/mol. The van der Waals surface area contributed by atoms with Crippen molar-refractivity contribution >= 4 is 11.9 Å². The monoisotopic (exact) mass is 206 g/mol. The minimum absolute atomic E-state index is 0.0354. The second kappa shape index (κ2) is 11.9. The summed E-state index contributed by atoms with van der Waals surface area (Å²) in [5.74, 6) is -1.55. The molecule has 0 aliphatic rings. The summed E-state index contributed by atoms with van der Waals surface area (Å²) in [6, 6.07) is 0. The summed E-state index contributed by atoms with van der Waals surface area (Å²) in [5.41, 5.74) is 0. The van der Waals surface area contributed by atoms with Gasteiger partial charge in [-0.3, -0.25) is 9.59 Å². The number of aliphatic hydroxyl groups excluding tert-OH is 1. The number of carbonyl (C=O) groups is 2. The molecule has 5 heteroatoms. The molecule has 14 heavy (non-hydrogen) atoms. The Morgan fingerprint density at radius 3 is 1.57 bits per heavy atom. The maximum atomic E-state index is 9.76. The molecular weight excluding hydrogens is 188 g/mol. The van der Waals surface area contributed by atoms with Gasteiger partial charge in [-0.25, -0.2) is 0 Å². The molecule has 3 N–H and O–H groups in total. The van der Waals surface area contributed by atoms with Crippen LogP contribution in [-0.2, 0) is 9.59 Å². The molecule has 0 aromatic rings. The molecule has 0 unspecified atom stereocenters. The largest absolute Gasteiger partial charge is 0.481 e. The van der Waals surface area contributed by atoms with E-state index in [2.05, 4.69) is 0 Å². The third-order valence-electron chi connectivity index (χ3n) is 1.29. The second-order valence-electron chi connectivity index (χ2n) is 2.72. The molecule has 0 saturated heterocycles. The molecule has 0 aliphatic carbocycles. The van der Waals surface area contributed by atoms with Gasteiger partial charge in [-0.1, -0.05) is 13.3 Å². The van der Waals surface area contributed by atoms with Crippen LogP contribution in [0.25, 0.3) is 0 Å². The number of unbranched alkanes of at least 4 members (excludes halogenated alkanes) is 1. The molecule has 0 fully saturated rings. The molecule has 0 rings (SSSR count). The molecule has 84 valence electrons. The first-order chi connectivity index (χ1) is 6.54. The third kappa shape index (κ3) is 22.4. The second-order valence-corrected chi connectivity index (χ2v) is 2.72. The number of aliphatic hydroxyl groups is 1. The minimum Gasteiger partial charge on any atom is -0.481 e. The number of carboxylic acid groups (broad SMARTS) is 2. The summed E-state index contributed by atoms with van der Waals surface area (Å²) in [6.07, 6.45) is 2.50. The third-order valence-corrected chi connectivity index (χ3v) is 1.29. The van der Waals surface area contributed by atoms with Crippen LogP contribution in [0.5, 0.6) is 0 Å².